The summed E-state index contributed by atoms with van der Waals surface area (Å²) in [7, 11) is 1.09. The summed E-state index contributed by atoms with van der Waals surface area (Å²) in [6.45, 7) is 1.64. The van der Waals surface area contributed by atoms with Gasteiger partial charge >= 0.3 is 12.1 Å². The van der Waals surface area contributed by atoms with E-state index < -0.39 is 28.5 Å². The molecule has 9 nitrogen and oxygen atoms in total. The highest BCUT2D eigenvalue weighted by Crippen LogP contribution is 2.32. The van der Waals surface area contributed by atoms with E-state index in [1.54, 1.807) is 6.92 Å². The number of ether oxygens (including phenoxy) is 1. The average Bonchev–Trinajstić information content (AvgIpc) is 3.25. The van der Waals surface area contributed by atoms with E-state index in [2.05, 4.69) is 21.0 Å². The molecule has 3 rings (SSSR count). The second-order valence-corrected chi connectivity index (χ2v) is 8.15. The number of halogens is 5. The highest BCUT2D eigenvalue weighted by Gasteiger charge is 2.34. The zero-order valence-electron chi connectivity index (χ0n) is 17.6. The Bertz CT molecular complexity index is 1310. The zero-order valence-corrected chi connectivity index (χ0v) is 20.0. The lowest BCUT2D eigenvalue weighted by Crippen LogP contribution is -2.99. The van der Waals surface area contributed by atoms with Gasteiger partial charge in [-0.2, -0.15) is 23.5 Å². The SMILES string of the molecule is CCn1c(Cn2ccc(C(F)(F)F)n2)c(Br)c(=O)c(C(=O)OC)c1-c1ccc([NH+]([O-])O)c(Cl)c1. The van der Waals surface area contributed by atoms with Crippen LogP contribution in [-0.4, -0.2) is 32.6 Å². The van der Waals surface area contributed by atoms with E-state index in [-0.39, 0.29) is 50.8 Å². The van der Waals surface area contributed by atoms with Crippen LogP contribution < -0.4 is 10.7 Å². The number of esters is 1. The highest BCUT2D eigenvalue weighted by atomic mass is 79.9. The fourth-order valence-electron chi connectivity index (χ4n) is 3.42. The van der Waals surface area contributed by atoms with Crippen molar-refractivity contribution in [2.45, 2.75) is 26.2 Å². The second kappa shape index (κ2) is 9.88. The quantitative estimate of drug-likeness (QED) is 0.350. The van der Waals surface area contributed by atoms with Crippen molar-refractivity contribution < 1.29 is 33.1 Å². The van der Waals surface area contributed by atoms with Crippen molar-refractivity contribution in [3.05, 3.63) is 72.3 Å². The third-order valence-corrected chi connectivity index (χ3v) is 6.06. The van der Waals surface area contributed by atoms with Crippen molar-refractivity contribution >= 4 is 39.2 Å². The molecule has 2 heterocycles. The van der Waals surface area contributed by atoms with Gasteiger partial charge in [0.2, 0.25) is 5.43 Å². The van der Waals surface area contributed by atoms with Gasteiger partial charge in [-0.15, -0.1) is 0 Å². The van der Waals surface area contributed by atoms with Crippen LogP contribution in [0.3, 0.4) is 0 Å². The molecule has 0 radical (unpaired) electrons. The van der Waals surface area contributed by atoms with Gasteiger partial charge in [-0.25, -0.2) is 10.0 Å². The van der Waals surface area contributed by atoms with Crippen molar-refractivity contribution in [1.82, 2.24) is 14.3 Å². The Kier molecular flexibility index (Phi) is 7.53. The zero-order chi connectivity index (χ0) is 25.4. The van der Waals surface area contributed by atoms with Crippen LogP contribution in [0.25, 0.3) is 11.3 Å². The van der Waals surface area contributed by atoms with E-state index in [4.69, 9.17) is 16.3 Å². The number of pyridine rings is 1. The minimum absolute atomic E-state index is 0.0594. The van der Waals surface area contributed by atoms with E-state index in [0.717, 1.165) is 24.1 Å². The van der Waals surface area contributed by atoms with Crippen LogP contribution in [0.4, 0.5) is 18.9 Å². The molecule has 0 bridgehead atoms. The topological polar surface area (TPSA) is 114 Å². The van der Waals surface area contributed by atoms with Gasteiger partial charge in [0.05, 0.1) is 29.5 Å². The summed E-state index contributed by atoms with van der Waals surface area (Å²) in [5.74, 6) is -0.952. The van der Waals surface area contributed by atoms with Crippen LogP contribution in [0.5, 0.6) is 0 Å². The lowest BCUT2D eigenvalue weighted by molar-refractivity contribution is -0.991. The summed E-state index contributed by atoms with van der Waals surface area (Å²) in [5.41, 5.74) is -1.87. The van der Waals surface area contributed by atoms with Crippen molar-refractivity contribution in [2.75, 3.05) is 7.11 Å². The number of methoxy groups -OCH3 is 1. The fourth-order valence-corrected chi connectivity index (χ4v) is 4.22. The predicted molar refractivity (Wildman–Crippen MR) is 118 cm³/mol. The van der Waals surface area contributed by atoms with Crippen molar-refractivity contribution in [3.8, 4) is 11.3 Å². The Morgan fingerprint density at radius 2 is 2.03 bits per heavy atom. The van der Waals surface area contributed by atoms with E-state index >= 15 is 0 Å². The van der Waals surface area contributed by atoms with Gasteiger partial charge in [-0.05, 0) is 41.1 Å². The Morgan fingerprint density at radius 3 is 2.53 bits per heavy atom. The van der Waals surface area contributed by atoms with Gasteiger partial charge in [0.1, 0.15) is 10.6 Å². The van der Waals surface area contributed by atoms with E-state index in [1.165, 1.54) is 22.8 Å². The van der Waals surface area contributed by atoms with Crippen LogP contribution in [0, 0.1) is 5.21 Å². The third kappa shape index (κ3) is 4.88. The average molecular weight is 566 g/mol. The van der Waals surface area contributed by atoms with Crippen LogP contribution in [0.1, 0.15) is 28.7 Å². The summed E-state index contributed by atoms with van der Waals surface area (Å²) in [6.07, 6.45) is -3.53. The molecule has 0 saturated heterocycles. The number of carbonyl (C=O) groups is 1. The van der Waals surface area contributed by atoms with Crippen molar-refractivity contribution in [3.63, 3.8) is 0 Å². The largest absolute Gasteiger partial charge is 0.595 e. The number of quaternary nitrogens is 1. The summed E-state index contributed by atoms with van der Waals surface area (Å²) in [5, 5.41) is 22.7. The fraction of sp³-hybridized carbons (Fsp3) is 0.250. The molecule has 14 heteroatoms. The number of nitrogens with zero attached hydrogens (tertiary/aromatic N) is 3. The molecule has 182 valence electrons. The molecular weight excluding hydrogens is 549 g/mol. The molecule has 1 aromatic carbocycles. The molecule has 0 aliphatic heterocycles. The molecule has 2 N–H and O–H groups in total. The van der Waals surface area contributed by atoms with Crippen LogP contribution >= 0.6 is 27.5 Å². The first-order valence-electron chi connectivity index (χ1n) is 9.58. The van der Waals surface area contributed by atoms with Gasteiger partial charge in [-0.3, -0.25) is 9.48 Å². The van der Waals surface area contributed by atoms with Gasteiger partial charge < -0.3 is 14.5 Å². The predicted octanol–water partition coefficient (Wildman–Crippen LogP) is 3.40. The highest BCUT2D eigenvalue weighted by molar-refractivity contribution is 9.10. The molecule has 1 unspecified atom stereocenters. The minimum Gasteiger partial charge on any atom is -0.595 e. The summed E-state index contributed by atoms with van der Waals surface area (Å²) >= 11 is 9.28. The Morgan fingerprint density at radius 1 is 1.35 bits per heavy atom. The van der Waals surface area contributed by atoms with Crippen LogP contribution in [0.15, 0.2) is 39.7 Å². The van der Waals surface area contributed by atoms with E-state index in [0.29, 0.717) is 0 Å². The maximum atomic E-state index is 13.2. The number of alkyl halides is 3. The normalized spacial score (nSPS) is 12.6. The molecule has 3 aromatic rings. The molecule has 0 amide bonds. The van der Waals surface area contributed by atoms with Crippen molar-refractivity contribution in [2.24, 2.45) is 0 Å². The molecule has 0 aliphatic rings. The number of carbonyl (C=O) groups excluding carboxylic acids is 1. The molecule has 0 spiro atoms. The molecule has 34 heavy (non-hydrogen) atoms. The molecular formula is C20H17BrClF3N4O5. The molecule has 0 saturated carbocycles. The van der Waals surface area contributed by atoms with Gasteiger partial charge in [0, 0.05) is 24.4 Å². The van der Waals surface area contributed by atoms with Gasteiger partial charge in [-0.1, -0.05) is 11.6 Å². The maximum absolute atomic E-state index is 13.2. The van der Waals surface area contributed by atoms with E-state index in [9.17, 15) is 33.2 Å². The Balaban J connectivity index is 2.30. The summed E-state index contributed by atoms with van der Waals surface area (Å²) in [4.78, 5) is 25.7. The second-order valence-electron chi connectivity index (χ2n) is 6.95. The Labute approximate surface area is 203 Å². The van der Waals surface area contributed by atoms with Crippen LogP contribution in [-0.2, 0) is 24.0 Å². The molecule has 1 atom stereocenters. The third-order valence-electron chi connectivity index (χ3n) is 4.93. The number of hydrogen-bond donors (Lipinski definition) is 2. The molecule has 0 aliphatic carbocycles. The smallest absolute Gasteiger partial charge is 0.435 e. The number of nitrogens with one attached hydrogen (secondary N) is 1. The lowest BCUT2D eigenvalue weighted by Gasteiger charge is -2.22. The Hall–Kier alpha value is -2.71. The first-order chi connectivity index (χ1) is 15.9. The monoisotopic (exact) mass is 564 g/mol. The summed E-state index contributed by atoms with van der Waals surface area (Å²) < 4.78 is 46.2. The number of aromatic nitrogens is 3. The first kappa shape index (κ1) is 25.9. The minimum atomic E-state index is -4.64. The first-order valence-corrected chi connectivity index (χ1v) is 10.7. The lowest BCUT2D eigenvalue weighted by atomic mass is 10.0. The number of benzene rings is 1. The standard InChI is InChI=1S/C20H17BrClF3N4O5/c1-3-28-13(9-27-7-6-14(26-27)20(23,24)25)16(21)18(30)15(19(31)34-2)17(28)10-4-5-12(29(32)33)11(22)8-10/h4-8,29,32H,3,9H2,1-2H3. The van der Waals surface area contributed by atoms with E-state index in [1.807, 2.05) is 0 Å². The summed E-state index contributed by atoms with van der Waals surface area (Å²) in [6, 6.07) is 4.68. The van der Waals surface area contributed by atoms with Crippen molar-refractivity contribution in [1.29, 1.82) is 0 Å². The number of rotatable bonds is 6. The van der Waals surface area contributed by atoms with Gasteiger partial charge in [0.25, 0.3) is 0 Å². The molecule has 2 aromatic heterocycles. The number of hydrogen-bond acceptors (Lipinski definition) is 6. The van der Waals surface area contributed by atoms with Crippen LogP contribution in [0.2, 0.25) is 5.02 Å². The molecule has 0 fully saturated rings. The van der Waals surface area contributed by atoms with Gasteiger partial charge in [0.15, 0.2) is 11.4 Å². The maximum Gasteiger partial charge on any atom is 0.435 e.